The van der Waals surface area contributed by atoms with Crippen molar-refractivity contribution in [2.24, 2.45) is 0 Å². The van der Waals surface area contributed by atoms with E-state index in [1.807, 2.05) is 18.2 Å². The molecular weight excluding hydrogens is 246 g/mol. The summed E-state index contributed by atoms with van der Waals surface area (Å²) >= 11 is 0. The molecule has 0 aliphatic carbocycles. The van der Waals surface area contributed by atoms with Gasteiger partial charge in [0.05, 0.1) is 18.3 Å². The molecule has 3 aromatic rings. The minimum Gasteiger partial charge on any atom is -0.497 e. The lowest BCUT2D eigenvalue weighted by molar-refractivity contribution is 0.415. The quantitative estimate of drug-likeness (QED) is 0.677. The fraction of sp³-hybridized carbons (Fsp3) is 0.167. The van der Waals surface area contributed by atoms with E-state index in [1.54, 1.807) is 7.11 Å². The highest BCUT2D eigenvalue weighted by Gasteiger charge is 2.07. The van der Waals surface area contributed by atoms with Crippen LogP contribution in [-0.2, 0) is 0 Å². The third-order valence-electron chi connectivity index (χ3n) is 3.51. The molecule has 0 aliphatic heterocycles. The summed E-state index contributed by atoms with van der Waals surface area (Å²) in [6, 6.07) is 16.6. The molecule has 0 amide bonds. The van der Waals surface area contributed by atoms with Gasteiger partial charge in [-0.3, -0.25) is 0 Å². The number of benzene rings is 2. The van der Waals surface area contributed by atoms with Crippen molar-refractivity contribution in [3.8, 4) is 17.0 Å². The zero-order chi connectivity index (χ0) is 14.1. The largest absolute Gasteiger partial charge is 0.497 e. The van der Waals surface area contributed by atoms with Crippen LogP contribution in [0.5, 0.6) is 5.75 Å². The van der Waals surface area contributed by atoms with E-state index >= 15 is 0 Å². The highest BCUT2D eigenvalue weighted by molar-refractivity contribution is 5.84. The number of aryl methyl sites for hydroxylation is 2. The molecule has 1 aromatic heterocycles. The van der Waals surface area contributed by atoms with Crippen LogP contribution in [0.3, 0.4) is 0 Å². The summed E-state index contributed by atoms with van der Waals surface area (Å²) in [6.45, 7) is 4.21. The average Bonchev–Trinajstić information content (AvgIpc) is 2.46. The van der Waals surface area contributed by atoms with Gasteiger partial charge in [-0.2, -0.15) is 0 Å². The monoisotopic (exact) mass is 263 g/mol. The van der Waals surface area contributed by atoms with Crippen LogP contribution < -0.4 is 4.74 Å². The van der Waals surface area contributed by atoms with Gasteiger partial charge in [0.2, 0.25) is 0 Å². The van der Waals surface area contributed by atoms with Crippen LogP contribution in [0.15, 0.2) is 48.5 Å². The molecule has 20 heavy (non-hydrogen) atoms. The lowest BCUT2D eigenvalue weighted by Gasteiger charge is -2.09. The molecule has 0 bridgehead atoms. The average molecular weight is 263 g/mol. The summed E-state index contributed by atoms with van der Waals surface area (Å²) in [5, 5.41) is 1.14. The van der Waals surface area contributed by atoms with E-state index in [0.29, 0.717) is 0 Å². The van der Waals surface area contributed by atoms with Gasteiger partial charge in [0.25, 0.3) is 0 Å². The first kappa shape index (κ1) is 12.7. The Balaban J connectivity index is 2.22. The highest BCUT2D eigenvalue weighted by atomic mass is 16.5. The number of nitrogens with zero attached hydrogens (tertiary/aromatic N) is 1. The van der Waals surface area contributed by atoms with E-state index in [1.165, 1.54) is 11.1 Å². The summed E-state index contributed by atoms with van der Waals surface area (Å²) in [6.07, 6.45) is 0. The summed E-state index contributed by atoms with van der Waals surface area (Å²) in [7, 11) is 1.68. The third kappa shape index (κ3) is 2.25. The second-order valence-electron chi connectivity index (χ2n) is 5.08. The first-order valence-electron chi connectivity index (χ1n) is 6.70. The molecule has 0 saturated heterocycles. The molecular formula is C18H17NO. The van der Waals surface area contributed by atoms with Crippen LogP contribution in [-0.4, -0.2) is 12.1 Å². The zero-order valence-corrected chi connectivity index (χ0v) is 12.0. The predicted octanol–water partition coefficient (Wildman–Crippen LogP) is 4.53. The molecule has 2 nitrogen and oxygen atoms in total. The molecule has 0 atom stereocenters. The second-order valence-corrected chi connectivity index (χ2v) is 5.08. The minimum absolute atomic E-state index is 0.837. The summed E-state index contributed by atoms with van der Waals surface area (Å²) in [5.74, 6) is 0.837. The van der Waals surface area contributed by atoms with Crippen LogP contribution in [0.1, 0.15) is 11.1 Å². The van der Waals surface area contributed by atoms with Crippen LogP contribution in [0.4, 0.5) is 0 Å². The molecule has 1 heterocycles. The summed E-state index contributed by atoms with van der Waals surface area (Å²) in [4.78, 5) is 4.81. The first-order chi connectivity index (χ1) is 9.67. The van der Waals surface area contributed by atoms with E-state index in [2.05, 4.69) is 44.2 Å². The molecule has 0 saturated carbocycles. The van der Waals surface area contributed by atoms with Crippen molar-refractivity contribution in [1.29, 1.82) is 0 Å². The van der Waals surface area contributed by atoms with Crippen molar-refractivity contribution in [2.45, 2.75) is 13.8 Å². The maximum Gasteiger partial charge on any atom is 0.121 e. The van der Waals surface area contributed by atoms with Gasteiger partial charge in [-0.15, -0.1) is 0 Å². The number of rotatable bonds is 2. The lowest BCUT2D eigenvalue weighted by atomic mass is 10.0. The number of aromatic nitrogens is 1. The van der Waals surface area contributed by atoms with Crippen molar-refractivity contribution in [3.63, 3.8) is 0 Å². The Morgan fingerprint density at radius 2 is 1.80 bits per heavy atom. The van der Waals surface area contributed by atoms with Crippen molar-refractivity contribution < 1.29 is 4.74 Å². The number of methoxy groups -OCH3 is 1. The molecule has 2 heteroatoms. The zero-order valence-electron chi connectivity index (χ0n) is 12.0. The molecule has 0 radical (unpaired) electrons. The van der Waals surface area contributed by atoms with E-state index in [-0.39, 0.29) is 0 Å². The number of hydrogen-bond acceptors (Lipinski definition) is 2. The molecule has 0 N–H and O–H groups in total. The second kappa shape index (κ2) is 4.97. The van der Waals surface area contributed by atoms with E-state index in [4.69, 9.17) is 9.72 Å². The first-order valence-corrected chi connectivity index (χ1v) is 6.70. The fourth-order valence-corrected chi connectivity index (χ4v) is 2.46. The molecule has 0 spiro atoms. The van der Waals surface area contributed by atoms with Crippen LogP contribution in [0.25, 0.3) is 22.2 Å². The number of ether oxygens (including phenoxy) is 1. The maximum atomic E-state index is 5.28. The molecule has 2 aromatic carbocycles. The standard InChI is InChI=1S/C18H17NO/c1-12-5-4-6-15(9-12)18-13(2)10-14-7-8-16(20-3)11-17(14)19-18/h4-11H,1-3H3. The minimum atomic E-state index is 0.837. The lowest BCUT2D eigenvalue weighted by Crippen LogP contribution is -1.91. The van der Waals surface area contributed by atoms with Gasteiger partial charge < -0.3 is 4.74 Å². The van der Waals surface area contributed by atoms with Gasteiger partial charge in [0.1, 0.15) is 5.75 Å². The number of fused-ring (bicyclic) bond motifs is 1. The third-order valence-corrected chi connectivity index (χ3v) is 3.51. The summed E-state index contributed by atoms with van der Waals surface area (Å²) in [5.41, 5.74) is 5.59. The van der Waals surface area contributed by atoms with Crippen LogP contribution in [0.2, 0.25) is 0 Å². The Bertz CT molecular complexity index is 777. The predicted molar refractivity (Wildman–Crippen MR) is 83.2 cm³/mol. The molecule has 3 rings (SSSR count). The topological polar surface area (TPSA) is 22.1 Å². The summed E-state index contributed by atoms with van der Waals surface area (Å²) < 4.78 is 5.28. The Morgan fingerprint density at radius 1 is 0.950 bits per heavy atom. The highest BCUT2D eigenvalue weighted by Crippen LogP contribution is 2.27. The van der Waals surface area contributed by atoms with Gasteiger partial charge in [0, 0.05) is 17.0 Å². The Hall–Kier alpha value is -2.35. The van der Waals surface area contributed by atoms with E-state index in [0.717, 1.165) is 27.9 Å². The maximum absolute atomic E-state index is 5.28. The van der Waals surface area contributed by atoms with E-state index < -0.39 is 0 Å². The van der Waals surface area contributed by atoms with Crippen molar-refractivity contribution in [2.75, 3.05) is 7.11 Å². The Labute approximate surface area is 119 Å². The van der Waals surface area contributed by atoms with E-state index in [9.17, 15) is 0 Å². The molecule has 0 fully saturated rings. The molecule has 100 valence electrons. The van der Waals surface area contributed by atoms with Crippen molar-refractivity contribution in [3.05, 3.63) is 59.7 Å². The van der Waals surface area contributed by atoms with Gasteiger partial charge in [-0.1, -0.05) is 23.8 Å². The van der Waals surface area contributed by atoms with Crippen LogP contribution >= 0.6 is 0 Å². The normalized spacial score (nSPS) is 10.8. The number of hydrogen-bond donors (Lipinski definition) is 0. The Kier molecular flexibility index (Phi) is 3.15. The number of pyridine rings is 1. The van der Waals surface area contributed by atoms with Crippen LogP contribution in [0, 0.1) is 13.8 Å². The van der Waals surface area contributed by atoms with Crippen molar-refractivity contribution >= 4 is 10.9 Å². The SMILES string of the molecule is COc1ccc2cc(C)c(-c3cccc(C)c3)nc2c1. The van der Waals surface area contributed by atoms with Crippen molar-refractivity contribution in [1.82, 2.24) is 4.98 Å². The van der Waals surface area contributed by atoms with Gasteiger partial charge in [-0.05, 0) is 43.7 Å². The smallest absolute Gasteiger partial charge is 0.121 e. The Morgan fingerprint density at radius 3 is 2.55 bits per heavy atom. The van der Waals surface area contributed by atoms with Gasteiger partial charge >= 0.3 is 0 Å². The fourth-order valence-electron chi connectivity index (χ4n) is 2.46. The molecule has 0 aliphatic rings. The molecule has 0 unspecified atom stereocenters. The van der Waals surface area contributed by atoms with Gasteiger partial charge in [0.15, 0.2) is 0 Å². The van der Waals surface area contributed by atoms with Gasteiger partial charge in [-0.25, -0.2) is 4.98 Å².